The minimum absolute atomic E-state index is 0.0314. The van der Waals surface area contributed by atoms with Gasteiger partial charge in [0.25, 0.3) is 0 Å². The van der Waals surface area contributed by atoms with Gasteiger partial charge in [-0.2, -0.15) is 5.26 Å². The number of benzene rings is 1. The fourth-order valence-corrected chi connectivity index (χ4v) is 2.31. The van der Waals surface area contributed by atoms with Gasteiger partial charge in [-0.25, -0.2) is 0 Å². The van der Waals surface area contributed by atoms with Crippen LogP contribution in [0.3, 0.4) is 0 Å². The highest BCUT2D eigenvalue weighted by atomic mass is 15.2. The summed E-state index contributed by atoms with van der Waals surface area (Å²) in [5.74, 6) is 0. The Morgan fingerprint density at radius 2 is 2.19 bits per heavy atom. The summed E-state index contributed by atoms with van der Waals surface area (Å²) in [6, 6.07) is 12.7. The van der Waals surface area contributed by atoms with E-state index in [9.17, 15) is 0 Å². The van der Waals surface area contributed by atoms with Gasteiger partial charge in [0.15, 0.2) is 0 Å². The van der Waals surface area contributed by atoms with Crippen LogP contribution in [-0.4, -0.2) is 31.1 Å². The standard InChI is InChI=1S/C13H17N3/c1-13(12-5-3-2-4-6-12)11-16(9-7-14)10-8-15-13/h2-6,15H,8-11H2,1H3/t13-/m0/s1. The lowest BCUT2D eigenvalue weighted by molar-refractivity contribution is 0.157. The molecule has 16 heavy (non-hydrogen) atoms. The molecule has 0 radical (unpaired) electrons. The third kappa shape index (κ3) is 2.24. The predicted molar refractivity (Wildman–Crippen MR) is 63.8 cm³/mol. The lowest BCUT2D eigenvalue weighted by Crippen LogP contribution is -2.56. The normalized spacial score (nSPS) is 26.2. The first kappa shape index (κ1) is 11.1. The van der Waals surface area contributed by atoms with Gasteiger partial charge in [0.2, 0.25) is 0 Å². The molecular formula is C13H17N3. The Kier molecular flexibility index (Phi) is 3.23. The molecule has 1 aromatic rings. The molecular weight excluding hydrogens is 198 g/mol. The van der Waals surface area contributed by atoms with E-state index < -0.39 is 0 Å². The zero-order chi connectivity index (χ0) is 11.4. The van der Waals surface area contributed by atoms with E-state index in [-0.39, 0.29) is 5.54 Å². The lowest BCUT2D eigenvalue weighted by atomic mass is 9.90. The highest BCUT2D eigenvalue weighted by Gasteiger charge is 2.31. The molecule has 0 saturated carbocycles. The first-order chi connectivity index (χ1) is 7.74. The zero-order valence-electron chi connectivity index (χ0n) is 9.61. The number of nitrogens with one attached hydrogen (secondary N) is 1. The molecule has 1 fully saturated rings. The number of hydrogen-bond acceptors (Lipinski definition) is 3. The number of rotatable bonds is 2. The summed E-state index contributed by atoms with van der Waals surface area (Å²) in [7, 11) is 0. The Labute approximate surface area is 96.7 Å². The van der Waals surface area contributed by atoms with Crippen molar-refractivity contribution in [2.24, 2.45) is 0 Å². The number of hydrogen-bond donors (Lipinski definition) is 1. The van der Waals surface area contributed by atoms with Crippen molar-refractivity contribution in [3.8, 4) is 6.07 Å². The van der Waals surface area contributed by atoms with Crippen LogP contribution in [0.2, 0.25) is 0 Å². The molecule has 1 aromatic carbocycles. The van der Waals surface area contributed by atoms with E-state index in [0.29, 0.717) is 6.54 Å². The monoisotopic (exact) mass is 215 g/mol. The maximum Gasteiger partial charge on any atom is 0.0867 e. The fourth-order valence-electron chi connectivity index (χ4n) is 2.31. The third-order valence-electron chi connectivity index (χ3n) is 3.19. The molecule has 3 nitrogen and oxygen atoms in total. The van der Waals surface area contributed by atoms with Gasteiger partial charge in [0.05, 0.1) is 18.2 Å². The average molecular weight is 215 g/mol. The summed E-state index contributed by atoms with van der Waals surface area (Å²) in [6.45, 7) is 5.50. The van der Waals surface area contributed by atoms with Gasteiger partial charge in [-0.15, -0.1) is 0 Å². The van der Waals surface area contributed by atoms with Crippen LogP contribution in [0, 0.1) is 11.3 Å². The highest BCUT2D eigenvalue weighted by Crippen LogP contribution is 2.23. The molecule has 1 atom stereocenters. The van der Waals surface area contributed by atoms with Crippen molar-refractivity contribution < 1.29 is 0 Å². The van der Waals surface area contributed by atoms with Crippen molar-refractivity contribution in [3.05, 3.63) is 35.9 Å². The molecule has 0 aromatic heterocycles. The Bertz CT molecular complexity index is 382. The van der Waals surface area contributed by atoms with Gasteiger partial charge < -0.3 is 5.32 Å². The molecule has 0 amide bonds. The van der Waals surface area contributed by atoms with Crippen molar-refractivity contribution in [2.75, 3.05) is 26.2 Å². The van der Waals surface area contributed by atoms with Gasteiger partial charge in [0.1, 0.15) is 0 Å². The van der Waals surface area contributed by atoms with Crippen LogP contribution in [-0.2, 0) is 5.54 Å². The summed E-state index contributed by atoms with van der Waals surface area (Å²) in [5.41, 5.74) is 1.26. The third-order valence-corrected chi connectivity index (χ3v) is 3.19. The van der Waals surface area contributed by atoms with Crippen molar-refractivity contribution in [2.45, 2.75) is 12.5 Å². The van der Waals surface area contributed by atoms with Gasteiger partial charge in [-0.3, -0.25) is 4.90 Å². The maximum absolute atomic E-state index is 8.75. The molecule has 0 unspecified atom stereocenters. The minimum Gasteiger partial charge on any atom is -0.305 e. The summed E-state index contributed by atoms with van der Waals surface area (Å²) in [4.78, 5) is 2.20. The minimum atomic E-state index is -0.0314. The van der Waals surface area contributed by atoms with E-state index in [1.165, 1.54) is 5.56 Å². The predicted octanol–water partition coefficient (Wildman–Crippen LogP) is 1.33. The number of piperazine rings is 1. The van der Waals surface area contributed by atoms with E-state index in [1.54, 1.807) is 0 Å². The highest BCUT2D eigenvalue weighted by molar-refractivity contribution is 5.24. The molecule has 0 aliphatic carbocycles. The van der Waals surface area contributed by atoms with E-state index >= 15 is 0 Å². The largest absolute Gasteiger partial charge is 0.305 e. The Morgan fingerprint density at radius 1 is 1.44 bits per heavy atom. The molecule has 1 heterocycles. The zero-order valence-corrected chi connectivity index (χ0v) is 9.61. The number of nitrogens with zero attached hydrogens (tertiary/aromatic N) is 2. The van der Waals surface area contributed by atoms with E-state index in [1.807, 2.05) is 6.07 Å². The molecule has 3 heteroatoms. The van der Waals surface area contributed by atoms with Crippen LogP contribution >= 0.6 is 0 Å². The van der Waals surface area contributed by atoms with Crippen molar-refractivity contribution in [3.63, 3.8) is 0 Å². The number of nitriles is 1. The topological polar surface area (TPSA) is 39.1 Å². The van der Waals surface area contributed by atoms with Crippen molar-refractivity contribution in [1.29, 1.82) is 5.26 Å². The first-order valence-corrected chi connectivity index (χ1v) is 5.64. The second-order valence-electron chi connectivity index (χ2n) is 4.49. The molecule has 1 N–H and O–H groups in total. The summed E-state index contributed by atoms with van der Waals surface area (Å²) in [5, 5.41) is 12.3. The molecule has 0 bridgehead atoms. The summed E-state index contributed by atoms with van der Waals surface area (Å²) < 4.78 is 0. The van der Waals surface area contributed by atoms with E-state index in [2.05, 4.69) is 47.5 Å². The molecule has 1 saturated heterocycles. The van der Waals surface area contributed by atoms with E-state index in [4.69, 9.17) is 5.26 Å². The van der Waals surface area contributed by atoms with Crippen molar-refractivity contribution >= 4 is 0 Å². The van der Waals surface area contributed by atoms with Gasteiger partial charge in [-0.1, -0.05) is 30.3 Å². The average Bonchev–Trinajstić information content (AvgIpc) is 2.31. The van der Waals surface area contributed by atoms with Crippen molar-refractivity contribution in [1.82, 2.24) is 10.2 Å². The van der Waals surface area contributed by atoms with Gasteiger partial charge in [-0.05, 0) is 12.5 Å². The Morgan fingerprint density at radius 3 is 2.88 bits per heavy atom. The van der Waals surface area contributed by atoms with Gasteiger partial charge >= 0.3 is 0 Å². The lowest BCUT2D eigenvalue weighted by Gasteiger charge is -2.41. The summed E-state index contributed by atoms with van der Waals surface area (Å²) >= 11 is 0. The molecule has 84 valence electrons. The van der Waals surface area contributed by atoms with Crippen LogP contribution in [0.15, 0.2) is 30.3 Å². The second kappa shape index (κ2) is 4.65. The van der Waals surface area contributed by atoms with Crippen LogP contribution in [0.4, 0.5) is 0 Å². The van der Waals surface area contributed by atoms with Crippen LogP contribution < -0.4 is 5.32 Å². The van der Waals surface area contributed by atoms with Crippen LogP contribution in [0.5, 0.6) is 0 Å². The molecule has 2 rings (SSSR count). The Balaban J connectivity index is 2.16. The second-order valence-corrected chi connectivity index (χ2v) is 4.49. The Hall–Kier alpha value is -1.37. The molecule has 0 spiro atoms. The summed E-state index contributed by atoms with van der Waals surface area (Å²) in [6.07, 6.45) is 0. The first-order valence-electron chi connectivity index (χ1n) is 5.64. The van der Waals surface area contributed by atoms with Gasteiger partial charge in [0, 0.05) is 19.6 Å². The van der Waals surface area contributed by atoms with Crippen LogP contribution in [0.25, 0.3) is 0 Å². The molecule has 1 aliphatic rings. The van der Waals surface area contributed by atoms with E-state index in [0.717, 1.165) is 19.6 Å². The fraction of sp³-hybridized carbons (Fsp3) is 0.462. The van der Waals surface area contributed by atoms with Crippen LogP contribution in [0.1, 0.15) is 12.5 Å². The SMILES string of the molecule is C[C@@]1(c2ccccc2)CN(CC#N)CCN1. The molecule has 1 aliphatic heterocycles. The smallest absolute Gasteiger partial charge is 0.0867 e. The quantitative estimate of drug-likeness (QED) is 0.756. The maximum atomic E-state index is 8.75.